The Balaban J connectivity index is 1.75. The molecule has 28 heavy (non-hydrogen) atoms. The molecule has 0 bridgehead atoms. The fraction of sp³-hybridized carbons (Fsp3) is 0.667. The molecule has 2 atom stereocenters. The quantitative estimate of drug-likeness (QED) is 0.727. The minimum Gasteiger partial charge on any atom is -0.497 e. The molecule has 2 unspecified atom stereocenters. The van der Waals surface area contributed by atoms with Crippen molar-refractivity contribution in [2.45, 2.75) is 52.6 Å². The monoisotopic (exact) mass is 391 g/mol. The van der Waals surface area contributed by atoms with Gasteiger partial charge in [-0.1, -0.05) is 6.08 Å². The predicted octanol–water partition coefficient (Wildman–Crippen LogP) is 3.15. The van der Waals surface area contributed by atoms with Crippen LogP contribution in [0.3, 0.4) is 0 Å². The number of rotatable bonds is 2. The number of aldehydes is 1. The van der Waals surface area contributed by atoms with Gasteiger partial charge in [-0.3, -0.25) is 9.59 Å². The molecule has 154 valence electrons. The Labute approximate surface area is 165 Å². The van der Waals surface area contributed by atoms with E-state index in [4.69, 9.17) is 9.47 Å². The van der Waals surface area contributed by atoms with Gasteiger partial charge in [0.15, 0.2) is 0 Å². The molecule has 0 saturated carbocycles. The fourth-order valence-electron chi connectivity index (χ4n) is 4.40. The van der Waals surface area contributed by atoms with Crippen LogP contribution >= 0.6 is 0 Å². The molecular weight excluding hydrogens is 362 g/mol. The summed E-state index contributed by atoms with van der Waals surface area (Å²) in [6.45, 7) is 8.71. The Morgan fingerprint density at radius 3 is 2.46 bits per heavy atom. The van der Waals surface area contributed by atoms with Crippen LogP contribution in [0, 0.1) is 16.7 Å². The number of amides is 1. The number of likely N-dealkylation sites (tertiary alicyclic amines) is 1. The molecule has 0 radical (unpaired) electrons. The molecule has 2 fully saturated rings. The zero-order valence-electron chi connectivity index (χ0n) is 17.0. The highest BCUT2D eigenvalue weighted by atomic mass is 16.6. The third-order valence-corrected chi connectivity index (χ3v) is 6.30. The predicted molar refractivity (Wildman–Crippen MR) is 102 cm³/mol. The lowest BCUT2D eigenvalue weighted by Crippen LogP contribution is -2.52. The van der Waals surface area contributed by atoms with E-state index in [-0.39, 0.29) is 17.1 Å². The fourth-order valence-corrected chi connectivity index (χ4v) is 4.40. The van der Waals surface area contributed by atoms with Gasteiger partial charge in [-0.25, -0.2) is 4.79 Å². The van der Waals surface area contributed by atoms with Crippen molar-refractivity contribution in [2.24, 2.45) is 16.7 Å². The second-order valence-electron chi connectivity index (χ2n) is 9.33. The molecule has 1 aliphatic carbocycles. The maximum absolute atomic E-state index is 12.3. The van der Waals surface area contributed by atoms with E-state index >= 15 is 0 Å². The second-order valence-corrected chi connectivity index (χ2v) is 9.33. The first-order valence-electron chi connectivity index (χ1n) is 9.72. The summed E-state index contributed by atoms with van der Waals surface area (Å²) in [7, 11) is 0. The van der Waals surface area contributed by atoms with Crippen molar-refractivity contribution in [3.05, 3.63) is 23.5 Å². The Morgan fingerprint density at radius 1 is 1.29 bits per heavy atom. The number of carboxylic acids is 1. The second kappa shape index (κ2) is 6.94. The highest BCUT2D eigenvalue weighted by Gasteiger charge is 2.54. The van der Waals surface area contributed by atoms with E-state index in [2.05, 4.69) is 0 Å². The van der Waals surface area contributed by atoms with Gasteiger partial charge in [0.2, 0.25) is 0 Å². The summed E-state index contributed by atoms with van der Waals surface area (Å²) in [5, 5.41) is 9.90. The van der Waals surface area contributed by atoms with Gasteiger partial charge < -0.3 is 19.5 Å². The molecule has 2 heterocycles. The summed E-state index contributed by atoms with van der Waals surface area (Å²) in [6, 6.07) is 0. The molecule has 3 aliphatic rings. The first kappa shape index (κ1) is 20.4. The molecule has 7 heteroatoms. The van der Waals surface area contributed by atoms with E-state index in [9.17, 15) is 19.5 Å². The topological polar surface area (TPSA) is 93.1 Å². The maximum atomic E-state index is 12.3. The minimum atomic E-state index is -1.30. The number of allylic oxidation sites excluding steroid dienone is 3. The van der Waals surface area contributed by atoms with Crippen molar-refractivity contribution in [1.82, 2.24) is 4.90 Å². The van der Waals surface area contributed by atoms with Crippen molar-refractivity contribution >= 4 is 18.3 Å². The highest BCUT2D eigenvalue weighted by Crippen LogP contribution is 2.53. The van der Waals surface area contributed by atoms with E-state index in [1.54, 1.807) is 24.0 Å². The van der Waals surface area contributed by atoms with Gasteiger partial charge in [0.1, 0.15) is 23.1 Å². The van der Waals surface area contributed by atoms with Crippen LogP contribution in [0.5, 0.6) is 0 Å². The van der Waals surface area contributed by atoms with Gasteiger partial charge in [-0.15, -0.1) is 0 Å². The molecule has 1 spiro atoms. The van der Waals surface area contributed by atoms with Crippen LogP contribution in [0.25, 0.3) is 0 Å². The normalized spacial score (nSPS) is 29.1. The molecule has 1 N–H and O–H groups in total. The SMILES string of the molecule is CC(C)(C)OC(=O)N1CCC2(CC1)COC1=CC=C(C=O)C(C)(C(=O)O)C1C2. The van der Waals surface area contributed by atoms with Gasteiger partial charge in [-0.2, -0.15) is 0 Å². The van der Waals surface area contributed by atoms with Crippen LogP contribution in [0.2, 0.25) is 0 Å². The van der Waals surface area contributed by atoms with Gasteiger partial charge in [0.05, 0.1) is 6.61 Å². The van der Waals surface area contributed by atoms with Crippen molar-refractivity contribution in [2.75, 3.05) is 19.7 Å². The molecular formula is C21H29NO6. The van der Waals surface area contributed by atoms with E-state index in [0.717, 1.165) is 0 Å². The van der Waals surface area contributed by atoms with Crippen LogP contribution < -0.4 is 0 Å². The van der Waals surface area contributed by atoms with Gasteiger partial charge in [-0.05, 0) is 53.0 Å². The zero-order chi connectivity index (χ0) is 20.7. The number of carbonyl (C=O) groups is 3. The number of carboxylic acid groups (broad SMARTS) is 1. The third kappa shape index (κ3) is 3.54. The molecule has 0 aromatic heterocycles. The number of ether oxygens (including phenoxy) is 2. The van der Waals surface area contributed by atoms with Crippen molar-refractivity contribution in [3.63, 3.8) is 0 Å². The lowest BCUT2D eigenvalue weighted by atomic mass is 9.60. The summed E-state index contributed by atoms with van der Waals surface area (Å²) >= 11 is 0. The van der Waals surface area contributed by atoms with Crippen LogP contribution in [0.1, 0.15) is 47.0 Å². The van der Waals surface area contributed by atoms with Crippen molar-refractivity contribution < 1.29 is 29.0 Å². The number of nitrogens with zero attached hydrogens (tertiary/aromatic N) is 1. The summed E-state index contributed by atoms with van der Waals surface area (Å²) in [5.41, 5.74) is -1.78. The largest absolute Gasteiger partial charge is 0.497 e. The number of piperidine rings is 1. The zero-order valence-corrected chi connectivity index (χ0v) is 17.0. The maximum Gasteiger partial charge on any atom is 0.410 e. The average Bonchev–Trinajstić information content (AvgIpc) is 2.61. The van der Waals surface area contributed by atoms with E-state index < -0.39 is 22.9 Å². The summed E-state index contributed by atoms with van der Waals surface area (Å²) in [4.78, 5) is 37.6. The minimum absolute atomic E-state index is 0.206. The number of fused-ring (bicyclic) bond motifs is 1. The summed E-state index contributed by atoms with van der Waals surface area (Å²) in [6.07, 6.45) is 5.64. The number of hydrogen-bond donors (Lipinski definition) is 1. The van der Waals surface area contributed by atoms with E-state index in [1.807, 2.05) is 20.8 Å². The summed E-state index contributed by atoms with van der Waals surface area (Å²) < 4.78 is 11.4. The van der Waals surface area contributed by atoms with Gasteiger partial charge in [0.25, 0.3) is 0 Å². The Hall–Kier alpha value is -2.31. The van der Waals surface area contributed by atoms with Crippen molar-refractivity contribution in [1.29, 1.82) is 0 Å². The van der Waals surface area contributed by atoms with E-state index in [0.29, 0.717) is 51.0 Å². The highest BCUT2D eigenvalue weighted by molar-refractivity contribution is 5.91. The lowest BCUT2D eigenvalue weighted by Gasteiger charge is -2.50. The average molecular weight is 391 g/mol. The molecule has 3 rings (SSSR count). The molecule has 2 aliphatic heterocycles. The van der Waals surface area contributed by atoms with E-state index in [1.165, 1.54) is 0 Å². The molecule has 2 saturated heterocycles. The first-order valence-corrected chi connectivity index (χ1v) is 9.72. The molecule has 1 amide bonds. The smallest absolute Gasteiger partial charge is 0.410 e. The van der Waals surface area contributed by atoms with Crippen molar-refractivity contribution in [3.8, 4) is 0 Å². The molecule has 7 nitrogen and oxygen atoms in total. The van der Waals surface area contributed by atoms with Crippen LogP contribution in [-0.4, -0.2) is 53.7 Å². The molecule has 0 aromatic carbocycles. The van der Waals surface area contributed by atoms with Crippen LogP contribution in [0.4, 0.5) is 4.79 Å². The number of hydrogen-bond acceptors (Lipinski definition) is 5. The summed E-state index contributed by atoms with van der Waals surface area (Å²) in [5.74, 6) is -0.777. The van der Waals surface area contributed by atoms with Gasteiger partial charge >= 0.3 is 12.1 Å². The van der Waals surface area contributed by atoms with Gasteiger partial charge in [0, 0.05) is 30.0 Å². The first-order chi connectivity index (χ1) is 13.0. The van der Waals surface area contributed by atoms with Crippen LogP contribution in [-0.2, 0) is 19.1 Å². The standard InChI is InChI=1S/C21H29NO6/c1-19(2,3)28-18(26)22-9-7-21(8-10-22)11-15-16(27-13-21)6-5-14(12-23)20(15,4)17(24)25/h5-6,12,15H,7-11,13H2,1-4H3,(H,24,25). The Morgan fingerprint density at radius 2 is 1.93 bits per heavy atom. The van der Waals surface area contributed by atoms with Crippen LogP contribution in [0.15, 0.2) is 23.5 Å². The Kier molecular flexibility index (Phi) is 5.06. The molecule has 0 aromatic rings. The number of carbonyl (C=O) groups excluding carboxylic acids is 2. The number of aliphatic carboxylic acids is 1. The Bertz CT molecular complexity index is 738. The lowest BCUT2D eigenvalue weighted by molar-refractivity contribution is -0.153. The third-order valence-electron chi connectivity index (χ3n) is 6.30.